The summed E-state index contributed by atoms with van der Waals surface area (Å²) in [5.74, 6) is 1.34. The van der Waals surface area contributed by atoms with Crippen LogP contribution >= 0.6 is 0 Å². The van der Waals surface area contributed by atoms with E-state index in [1.54, 1.807) is 14.0 Å². The van der Waals surface area contributed by atoms with Gasteiger partial charge >= 0.3 is 0 Å². The van der Waals surface area contributed by atoms with E-state index in [-0.39, 0.29) is 11.9 Å². The first-order valence-electron chi connectivity index (χ1n) is 5.59. The number of carbonyl (C=O) groups excluding carboxylic acids is 1. The Labute approximate surface area is 91.9 Å². The Bertz CT molecular complexity index is 263. The van der Waals surface area contributed by atoms with Crippen molar-refractivity contribution in [3.8, 4) is 0 Å². The fraction of sp³-hybridized carbons (Fsp3) is 0.750. The van der Waals surface area contributed by atoms with Crippen molar-refractivity contribution in [1.82, 2.24) is 5.32 Å². The molecule has 1 N–H and O–H groups in total. The number of hydrogen-bond acceptors (Lipinski definition) is 2. The predicted molar refractivity (Wildman–Crippen MR) is 60.3 cm³/mol. The standard InChI is InChI=1S/C12H21NO2/c1-8(2)11(13-9(3)14)12(15-4)10-6-5-7-10/h8,11H,5-7H2,1-4H3,(H,13,14). The van der Waals surface area contributed by atoms with Crippen LogP contribution in [-0.4, -0.2) is 19.1 Å². The third-order valence-electron chi connectivity index (χ3n) is 2.83. The first-order chi connectivity index (χ1) is 7.06. The third-order valence-corrected chi connectivity index (χ3v) is 2.83. The zero-order valence-corrected chi connectivity index (χ0v) is 10.1. The molecule has 86 valence electrons. The molecule has 15 heavy (non-hydrogen) atoms. The van der Waals surface area contributed by atoms with Crippen molar-refractivity contribution in [2.75, 3.05) is 7.11 Å². The molecule has 1 fully saturated rings. The molecule has 3 nitrogen and oxygen atoms in total. The van der Waals surface area contributed by atoms with Gasteiger partial charge in [0, 0.05) is 6.92 Å². The zero-order chi connectivity index (χ0) is 11.4. The van der Waals surface area contributed by atoms with E-state index in [4.69, 9.17) is 4.74 Å². The molecule has 1 saturated carbocycles. The Morgan fingerprint density at radius 2 is 2.00 bits per heavy atom. The van der Waals surface area contributed by atoms with Crippen molar-refractivity contribution in [2.24, 2.45) is 5.92 Å². The smallest absolute Gasteiger partial charge is 0.217 e. The number of ether oxygens (including phenoxy) is 1. The van der Waals surface area contributed by atoms with Crippen molar-refractivity contribution in [3.63, 3.8) is 0 Å². The Morgan fingerprint density at radius 3 is 2.27 bits per heavy atom. The van der Waals surface area contributed by atoms with Gasteiger partial charge < -0.3 is 10.1 Å². The van der Waals surface area contributed by atoms with Crippen LogP contribution in [0.3, 0.4) is 0 Å². The molecule has 0 aliphatic heterocycles. The van der Waals surface area contributed by atoms with Gasteiger partial charge in [-0.05, 0) is 30.8 Å². The predicted octanol–water partition coefficient (Wildman–Crippen LogP) is 2.23. The lowest BCUT2D eigenvalue weighted by Gasteiger charge is -2.29. The van der Waals surface area contributed by atoms with Crippen molar-refractivity contribution < 1.29 is 9.53 Å². The fourth-order valence-electron chi connectivity index (χ4n) is 1.85. The largest absolute Gasteiger partial charge is 0.499 e. The van der Waals surface area contributed by atoms with Gasteiger partial charge in [-0.25, -0.2) is 0 Å². The molecule has 1 amide bonds. The van der Waals surface area contributed by atoms with Gasteiger partial charge in [0.1, 0.15) is 5.76 Å². The molecular formula is C12H21NO2. The molecule has 1 rings (SSSR count). The second kappa shape index (κ2) is 5.19. The maximum Gasteiger partial charge on any atom is 0.217 e. The quantitative estimate of drug-likeness (QED) is 0.724. The van der Waals surface area contributed by atoms with Gasteiger partial charge in [-0.1, -0.05) is 13.8 Å². The molecule has 1 aliphatic carbocycles. The number of nitrogens with one attached hydrogen (secondary N) is 1. The molecule has 0 aromatic rings. The number of carbonyl (C=O) groups is 1. The molecule has 0 heterocycles. The van der Waals surface area contributed by atoms with Gasteiger partial charge in [0.05, 0.1) is 13.2 Å². The maximum absolute atomic E-state index is 11.1. The molecule has 0 saturated heterocycles. The zero-order valence-electron chi connectivity index (χ0n) is 10.1. The van der Waals surface area contributed by atoms with Crippen LogP contribution in [0.1, 0.15) is 40.0 Å². The van der Waals surface area contributed by atoms with Crippen LogP contribution in [0.25, 0.3) is 0 Å². The Morgan fingerprint density at radius 1 is 1.40 bits per heavy atom. The SMILES string of the molecule is COC(=C1CCC1)C(NC(C)=O)C(C)C. The number of allylic oxidation sites excluding steroid dienone is 1. The lowest BCUT2D eigenvalue weighted by molar-refractivity contribution is -0.120. The molecule has 0 aromatic carbocycles. The minimum atomic E-state index is 0.00294. The minimum Gasteiger partial charge on any atom is -0.499 e. The van der Waals surface area contributed by atoms with Crippen LogP contribution in [-0.2, 0) is 9.53 Å². The van der Waals surface area contributed by atoms with E-state index in [9.17, 15) is 4.79 Å². The van der Waals surface area contributed by atoms with E-state index >= 15 is 0 Å². The highest BCUT2D eigenvalue weighted by atomic mass is 16.5. The summed E-state index contributed by atoms with van der Waals surface area (Å²) < 4.78 is 5.44. The molecule has 0 radical (unpaired) electrons. The molecule has 0 bridgehead atoms. The first kappa shape index (κ1) is 12.1. The molecule has 1 aliphatic rings. The highest BCUT2D eigenvalue weighted by Crippen LogP contribution is 2.31. The van der Waals surface area contributed by atoms with Gasteiger partial charge in [0.15, 0.2) is 0 Å². The van der Waals surface area contributed by atoms with Crippen LogP contribution in [0.4, 0.5) is 0 Å². The number of methoxy groups -OCH3 is 1. The highest BCUT2D eigenvalue weighted by molar-refractivity contribution is 5.73. The van der Waals surface area contributed by atoms with Gasteiger partial charge in [-0.3, -0.25) is 4.79 Å². The van der Waals surface area contributed by atoms with E-state index in [2.05, 4.69) is 19.2 Å². The average Bonchev–Trinajstić information content (AvgIpc) is 2.06. The van der Waals surface area contributed by atoms with Gasteiger partial charge in [-0.2, -0.15) is 0 Å². The van der Waals surface area contributed by atoms with Crippen LogP contribution in [0.15, 0.2) is 11.3 Å². The Kier molecular flexibility index (Phi) is 4.18. The van der Waals surface area contributed by atoms with E-state index in [0.717, 1.165) is 18.6 Å². The summed E-state index contributed by atoms with van der Waals surface area (Å²) in [6.07, 6.45) is 3.48. The first-order valence-corrected chi connectivity index (χ1v) is 5.59. The van der Waals surface area contributed by atoms with Crippen molar-refractivity contribution >= 4 is 5.91 Å². The Balaban J connectivity index is 2.81. The molecule has 1 unspecified atom stereocenters. The molecular weight excluding hydrogens is 190 g/mol. The van der Waals surface area contributed by atoms with Crippen LogP contribution in [0.2, 0.25) is 0 Å². The molecule has 0 spiro atoms. The summed E-state index contributed by atoms with van der Waals surface area (Å²) in [4.78, 5) is 11.1. The summed E-state index contributed by atoms with van der Waals surface area (Å²) in [5.41, 5.74) is 1.37. The van der Waals surface area contributed by atoms with Crippen LogP contribution < -0.4 is 5.32 Å². The Hall–Kier alpha value is -0.990. The van der Waals surface area contributed by atoms with E-state index in [0.29, 0.717) is 5.92 Å². The van der Waals surface area contributed by atoms with Crippen LogP contribution in [0, 0.1) is 5.92 Å². The average molecular weight is 211 g/mol. The second-order valence-electron chi connectivity index (χ2n) is 4.45. The van der Waals surface area contributed by atoms with Crippen molar-refractivity contribution in [3.05, 3.63) is 11.3 Å². The minimum absolute atomic E-state index is 0.00294. The second-order valence-corrected chi connectivity index (χ2v) is 4.45. The third kappa shape index (κ3) is 2.98. The monoisotopic (exact) mass is 211 g/mol. The lowest BCUT2D eigenvalue weighted by Crippen LogP contribution is -2.40. The molecule has 1 atom stereocenters. The number of amides is 1. The molecule has 3 heteroatoms. The topological polar surface area (TPSA) is 38.3 Å². The summed E-state index contributed by atoms with van der Waals surface area (Å²) >= 11 is 0. The lowest BCUT2D eigenvalue weighted by atomic mass is 9.87. The summed E-state index contributed by atoms with van der Waals surface area (Å²) in [6, 6.07) is 0.0304. The molecule has 0 aromatic heterocycles. The highest BCUT2D eigenvalue weighted by Gasteiger charge is 2.25. The summed E-state index contributed by atoms with van der Waals surface area (Å²) in [7, 11) is 1.69. The van der Waals surface area contributed by atoms with Gasteiger partial charge in [0.25, 0.3) is 0 Å². The summed E-state index contributed by atoms with van der Waals surface area (Å²) in [6.45, 7) is 5.74. The fourth-order valence-corrected chi connectivity index (χ4v) is 1.85. The number of rotatable bonds is 4. The van der Waals surface area contributed by atoms with Crippen LogP contribution in [0.5, 0.6) is 0 Å². The van der Waals surface area contributed by atoms with E-state index in [1.807, 2.05) is 0 Å². The summed E-state index contributed by atoms with van der Waals surface area (Å²) in [5, 5.41) is 2.96. The maximum atomic E-state index is 11.1. The number of hydrogen-bond donors (Lipinski definition) is 1. The van der Waals surface area contributed by atoms with Crippen molar-refractivity contribution in [1.29, 1.82) is 0 Å². The van der Waals surface area contributed by atoms with Gasteiger partial charge in [-0.15, -0.1) is 0 Å². The van der Waals surface area contributed by atoms with Crippen molar-refractivity contribution in [2.45, 2.75) is 46.1 Å². The van der Waals surface area contributed by atoms with E-state index < -0.39 is 0 Å². The van der Waals surface area contributed by atoms with E-state index in [1.165, 1.54) is 12.0 Å². The normalized spacial score (nSPS) is 17.0. The van der Waals surface area contributed by atoms with Gasteiger partial charge in [0.2, 0.25) is 5.91 Å².